The van der Waals surface area contributed by atoms with E-state index in [1.165, 1.54) is 11.3 Å². The Morgan fingerprint density at radius 1 is 1.45 bits per heavy atom. The first-order valence-electron chi connectivity index (χ1n) is 6.24. The summed E-state index contributed by atoms with van der Waals surface area (Å²) in [5.74, 6) is -0.0899. The molecule has 5 nitrogen and oxygen atoms in total. The Hall–Kier alpha value is -1.79. The van der Waals surface area contributed by atoms with Crippen molar-refractivity contribution < 1.29 is 9.53 Å². The van der Waals surface area contributed by atoms with Gasteiger partial charge in [0, 0.05) is 31.9 Å². The zero-order valence-corrected chi connectivity index (χ0v) is 12.6. The number of aromatic nitrogens is 2. The summed E-state index contributed by atoms with van der Waals surface area (Å²) in [6.07, 6.45) is 3.45. The van der Waals surface area contributed by atoms with Gasteiger partial charge in [-0.05, 0) is 24.6 Å². The molecule has 0 radical (unpaired) electrons. The Kier molecular flexibility index (Phi) is 4.81. The van der Waals surface area contributed by atoms with E-state index in [1.54, 1.807) is 36.8 Å². The number of hydrogen-bond acceptors (Lipinski definition) is 5. The molecule has 1 amide bonds. The largest absolute Gasteiger partial charge is 0.378 e. The lowest BCUT2D eigenvalue weighted by atomic mass is 10.1. The standard InChI is InChI=1S/C14H17N3O2S/c1-10(11-4-6-15-7-5-11)17(2)14(18)12-9-20-13(16-12)8-19-3/h4-7,9-10H,8H2,1-3H3/t10-/m1/s1. The van der Waals surface area contributed by atoms with Gasteiger partial charge in [0.2, 0.25) is 0 Å². The molecule has 0 unspecified atom stereocenters. The van der Waals surface area contributed by atoms with Crippen LogP contribution in [0, 0.1) is 0 Å². The highest BCUT2D eigenvalue weighted by atomic mass is 32.1. The van der Waals surface area contributed by atoms with E-state index >= 15 is 0 Å². The average Bonchev–Trinajstić information content (AvgIpc) is 2.95. The van der Waals surface area contributed by atoms with Gasteiger partial charge in [0.15, 0.2) is 0 Å². The fourth-order valence-corrected chi connectivity index (χ4v) is 2.56. The first kappa shape index (κ1) is 14.6. The molecule has 2 aromatic heterocycles. The van der Waals surface area contributed by atoms with Crippen LogP contribution in [-0.2, 0) is 11.3 Å². The molecule has 0 saturated heterocycles. The second-order valence-corrected chi connectivity index (χ2v) is 5.37. The van der Waals surface area contributed by atoms with Crippen LogP contribution in [0.2, 0.25) is 0 Å². The summed E-state index contributed by atoms with van der Waals surface area (Å²) < 4.78 is 5.01. The van der Waals surface area contributed by atoms with Gasteiger partial charge in [0.25, 0.3) is 5.91 Å². The summed E-state index contributed by atoms with van der Waals surface area (Å²) in [5, 5.41) is 2.58. The minimum atomic E-state index is -0.0899. The normalized spacial score (nSPS) is 12.2. The lowest BCUT2D eigenvalue weighted by Crippen LogP contribution is -2.29. The van der Waals surface area contributed by atoms with Crippen molar-refractivity contribution in [3.8, 4) is 0 Å². The molecule has 6 heteroatoms. The number of methoxy groups -OCH3 is 1. The smallest absolute Gasteiger partial charge is 0.273 e. The molecule has 20 heavy (non-hydrogen) atoms. The highest BCUT2D eigenvalue weighted by molar-refractivity contribution is 7.09. The number of rotatable bonds is 5. The van der Waals surface area contributed by atoms with E-state index in [9.17, 15) is 4.79 Å². The molecule has 1 atom stereocenters. The molecule has 0 bridgehead atoms. The van der Waals surface area contributed by atoms with Gasteiger partial charge in [-0.15, -0.1) is 11.3 Å². The number of ether oxygens (including phenoxy) is 1. The van der Waals surface area contributed by atoms with Crippen LogP contribution in [0.15, 0.2) is 29.9 Å². The second-order valence-electron chi connectivity index (χ2n) is 4.43. The fourth-order valence-electron chi connectivity index (χ4n) is 1.82. The van der Waals surface area contributed by atoms with Crippen molar-refractivity contribution in [3.63, 3.8) is 0 Å². The van der Waals surface area contributed by atoms with E-state index in [-0.39, 0.29) is 11.9 Å². The summed E-state index contributed by atoms with van der Waals surface area (Å²) in [6.45, 7) is 2.41. The molecule has 2 heterocycles. The van der Waals surface area contributed by atoms with E-state index in [2.05, 4.69) is 9.97 Å². The Labute approximate surface area is 122 Å². The van der Waals surface area contributed by atoms with Gasteiger partial charge in [0.05, 0.1) is 12.6 Å². The molecule has 2 aromatic rings. The van der Waals surface area contributed by atoms with Crippen molar-refractivity contribution >= 4 is 17.2 Å². The van der Waals surface area contributed by atoms with Gasteiger partial charge in [-0.3, -0.25) is 9.78 Å². The molecule has 0 saturated carbocycles. The number of nitrogens with zero attached hydrogens (tertiary/aromatic N) is 3. The van der Waals surface area contributed by atoms with Gasteiger partial charge in [-0.2, -0.15) is 0 Å². The van der Waals surface area contributed by atoms with Crippen LogP contribution in [0.3, 0.4) is 0 Å². The maximum atomic E-state index is 12.4. The van der Waals surface area contributed by atoms with E-state index in [4.69, 9.17) is 4.74 Å². The molecule has 0 fully saturated rings. The van der Waals surface area contributed by atoms with Crippen LogP contribution in [0.5, 0.6) is 0 Å². The fraction of sp³-hybridized carbons (Fsp3) is 0.357. The van der Waals surface area contributed by atoms with Crippen LogP contribution in [0.25, 0.3) is 0 Å². The number of pyridine rings is 1. The third-order valence-corrected chi connectivity index (χ3v) is 3.95. The lowest BCUT2D eigenvalue weighted by molar-refractivity contribution is 0.0737. The molecule has 0 spiro atoms. The average molecular weight is 291 g/mol. The number of amides is 1. The van der Waals surface area contributed by atoms with Crippen LogP contribution in [0.4, 0.5) is 0 Å². The molecule has 0 aliphatic rings. The van der Waals surface area contributed by atoms with Crippen molar-refractivity contribution in [2.75, 3.05) is 14.2 Å². The zero-order chi connectivity index (χ0) is 14.5. The number of carbonyl (C=O) groups excluding carboxylic acids is 1. The van der Waals surface area contributed by atoms with Crippen molar-refractivity contribution in [1.82, 2.24) is 14.9 Å². The van der Waals surface area contributed by atoms with Crippen LogP contribution in [0.1, 0.15) is 34.0 Å². The predicted molar refractivity (Wildman–Crippen MR) is 77.6 cm³/mol. The third kappa shape index (κ3) is 3.20. The summed E-state index contributed by atoms with van der Waals surface area (Å²) in [4.78, 5) is 22.3. The minimum absolute atomic E-state index is 0.0296. The van der Waals surface area contributed by atoms with Crippen molar-refractivity contribution in [2.45, 2.75) is 19.6 Å². The molecular weight excluding hydrogens is 274 g/mol. The quantitative estimate of drug-likeness (QED) is 0.849. The Morgan fingerprint density at radius 2 is 2.15 bits per heavy atom. The second kappa shape index (κ2) is 6.58. The first-order valence-corrected chi connectivity index (χ1v) is 7.12. The number of thiazole rings is 1. The van der Waals surface area contributed by atoms with Gasteiger partial charge in [-0.1, -0.05) is 0 Å². The van der Waals surface area contributed by atoms with Gasteiger partial charge in [-0.25, -0.2) is 4.98 Å². The first-order chi connectivity index (χ1) is 9.63. The monoisotopic (exact) mass is 291 g/mol. The number of hydrogen-bond donors (Lipinski definition) is 0. The van der Waals surface area contributed by atoms with E-state index in [0.29, 0.717) is 12.3 Å². The van der Waals surface area contributed by atoms with E-state index in [1.807, 2.05) is 19.1 Å². The van der Waals surface area contributed by atoms with Crippen LogP contribution in [-0.4, -0.2) is 34.9 Å². The molecule has 0 aliphatic heterocycles. The topological polar surface area (TPSA) is 55.3 Å². The van der Waals surface area contributed by atoms with Crippen molar-refractivity contribution in [3.05, 3.63) is 46.2 Å². The Bertz CT molecular complexity index is 571. The summed E-state index contributed by atoms with van der Waals surface area (Å²) in [5.41, 5.74) is 1.51. The predicted octanol–water partition coefficient (Wildman–Crippen LogP) is 2.52. The SMILES string of the molecule is COCc1nc(C(=O)N(C)[C@H](C)c2ccncc2)cs1. The summed E-state index contributed by atoms with van der Waals surface area (Å²) >= 11 is 1.43. The van der Waals surface area contributed by atoms with Gasteiger partial charge < -0.3 is 9.64 Å². The molecular formula is C14H17N3O2S. The van der Waals surface area contributed by atoms with E-state index in [0.717, 1.165) is 10.6 Å². The summed E-state index contributed by atoms with van der Waals surface area (Å²) in [7, 11) is 3.39. The molecule has 0 aliphatic carbocycles. The molecule has 0 N–H and O–H groups in total. The van der Waals surface area contributed by atoms with Crippen molar-refractivity contribution in [2.24, 2.45) is 0 Å². The van der Waals surface area contributed by atoms with Crippen LogP contribution >= 0.6 is 11.3 Å². The molecule has 2 rings (SSSR count). The minimum Gasteiger partial charge on any atom is -0.378 e. The van der Waals surface area contributed by atoms with E-state index < -0.39 is 0 Å². The lowest BCUT2D eigenvalue weighted by Gasteiger charge is -2.24. The zero-order valence-electron chi connectivity index (χ0n) is 11.7. The highest BCUT2D eigenvalue weighted by Gasteiger charge is 2.21. The summed E-state index contributed by atoms with van der Waals surface area (Å²) in [6, 6.07) is 3.79. The van der Waals surface area contributed by atoms with Crippen molar-refractivity contribution in [1.29, 1.82) is 0 Å². The van der Waals surface area contributed by atoms with Gasteiger partial charge in [0.1, 0.15) is 10.7 Å². The Balaban J connectivity index is 2.11. The van der Waals surface area contributed by atoms with Crippen LogP contribution < -0.4 is 0 Å². The number of carbonyl (C=O) groups is 1. The molecule has 106 valence electrons. The maximum absolute atomic E-state index is 12.4. The highest BCUT2D eigenvalue weighted by Crippen LogP contribution is 2.21. The Morgan fingerprint density at radius 3 is 2.80 bits per heavy atom. The van der Waals surface area contributed by atoms with Gasteiger partial charge >= 0.3 is 0 Å². The molecule has 0 aromatic carbocycles. The third-order valence-electron chi connectivity index (χ3n) is 3.13. The maximum Gasteiger partial charge on any atom is 0.273 e.